The Bertz CT molecular complexity index is 714. The van der Waals surface area contributed by atoms with Crippen LogP contribution in [0.25, 0.3) is 0 Å². The average Bonchev–Trinajstić information content (AvgIpc) is 2.83. The summed E-state index contributed by atoms with van der Waals surface area (Å²) in [5, 5.41) is 10.0. The van der Waals surface area contributed by atoms with Crippen molar-refractivity contribution in [3.8, 4) is 11.5 Å². The lowest BCUT2D eigenvalue weighted by Crippen LogP contribution is -2.24. The number of hydrogen-bond donors (Lipinski definition) is 1. The Hall–Kier alpha value is -2.56. The average molecular weight is 316 g/mol. The molecule has 1 aromatic carbocycles. The Morgan fingerprint density at radius 2 is 1.96 bits per heavy atom. The molecule has 1 heterocycles. The van der Waals surface area contributed by atoms with Gasteiger partial charge in [0.05, 0.1) is 5.56 Å². The van der Waals surface area contributed by atoms with E-state index in [0.717, 1.165) is 0 Å². The van der Waals surface area contributed by atoms with Crippen LogP contribution in [0.1, 0.15) is 49.7 Å². The molecule has 0 radical (unpaired) electrons. The molecule has 1 aliphatic rings. The first-order valence-electron chi connectivity index (χ1n) is 7.30. The molecule has 0 saturated carbocycles. The fourth-order valence-electron chi connectivity index (χ4n) is 2.36. The normalized spacial score (nSPS) is 19.7. The fraction of sp³-hybridized carbons (Fsp3) is 0.333. The molecule has 23 heavy (non-hydrogen) atoms. The van der Waals surface area contributed by atoms with Crippen LogP contribution in [0.2, 0.25) is 0 Å². The highest BCUT2D eigenvalue weighted by Gasteiger charge is 2.39. The van der Waals surface area contributed by atoms with E-state index in [2.05, 4.69) is 6.58 Å². The van der Waals surface area contributed by atoms with Gasteiger partial charge in [0, 0.05) is 11.1 Å². The summed E-state index contributed by atoms with van der Waals surface area (Å²) in [7, 11) is 0. The van der Waals surface area contributed by atoms with Gasteiger partial charge in [0.2, 0.25) is 0 Å². The molecule has 2 atom stereocenters. The molecule has 1 aliphatic heterocycles. The van der Waals surface area contributed by atoms with E-state index in [0.29, 0.717) is 22.5 Å². The van der Waals surface area contributed by atoms with E-state index in [1.54, 1.807) is 26.8 Å². The lowest BCUT2D eigenvalue weighted by atomic mass is 9.99. The maximum atomic E-state index is 12.1. The third-order valence-corrected chi connectivity index (χ3v) is 3.82. The molecule has 0 fully saturated rings. The molecular formula is C18H20O5. The molecule has 2 rings (SSSR count). The number of Topliss-reactive ketones (excluding diaryl/α,β-unsaturated/α-hetero) is 1. The van der Waals surface area contributed by atoms with Gasteiger partial charge in [0.1, 0.15) is 11.5 Å². The van der Waals surface area contributed by atoms with Crippen molar-refractivity contribution < 1.29 is 24.2 Å². The van der Waals surface area contributed by atoms with Crippen LogP contribution in [0.15, 0.2) is 35.9 Å². The number of esters is 1. The van der Waals surface area contributed by atoms with Crippen molar-refractivity contribution in [3.05, 3.63) is 47.1 Å². The van der Waals surface area contributed by atoms with E-state index >= 15 is 0 Å². The van der Waals surface area contributed by atoms with Crippen molar-refractivity contribution in [2.24, 2.45) is 0 Å². The Morgan fingerprint density at radius 1 is 1.30 bits per heavy atom. The SMILES string of the molecule is C=C(C)C1Oc2cc(C(C)=O)c(O)cc2C1OC(=O)C(C)=CC. The number of hydrogen-bond acceptors (Lipinski definition) is 5. The van der Waals surface area contributed by atoms with E-state index < -0.39 is 18.2 Å². The molecule has 0 spiro atoms. The first-order chi connectivity index (χ1) is 10.8. The molecule has 2 unspecified atom stereocenters. The van der Waals surface area contributed by atoms with Gasteiger partial charge in [-0.05, 0) is 45.4 Å². The van der Waals surface area contributed by atoms with E-state index in [1.165, 1.54) is 19.1 Å². The van der Waals surface area contributed by atoms with Gasteiger partial charge in [0.15, 0.2) is 18.0 Å². The lowest BCUT2D eigenvalue weighted by molar-refractivity contribution is -0.146. The number of aromatic hydroxyl groups is 1. The molecule has 0 aliphatic carbocycles. The van der Waals surface area contributed by atoms with Crippen molar-refractivity contribution in [2.75, 3.05) is 0 Å². The zero-order valence-electron chi connectivity index (χ0n) is 13.7. The Labute approximate surface area is 135 Å². The summed E-state index contributed by atoms with van der Waals surface area (Å²) < 4.78 is 11.3. The van der Waals surface area contributed by atoms with Gasteiger partial charge >= 0.3 is 5.97 Å². The summed E-state index contributed by atoms with van der Waals surface area (Å²) in [6, 6.07) is 2.89. The number of rotatable bonds is 4. The van der Waals surface area contributed by atoms with Gasteiger partial charge in [-0.1, -0.05) is 12.7 Å². The van der Waals surface area contributed by atoms with Crippen LogP contribution in [0.4, 0.5) is 0 Å². The number of ketones is 1. The smallest absolute Gasteiger partial charge is 0.334 e. The van der Waals surface area contributed by atoms with Crippen LogP contribution in [-0.4, -0.2) is 23.0 Å². The topological polar surface area (TPSA) is 72.8 Å². The van der Waals surface area contributed by atoms with Crippen LogP contribution < -0.4 is 4.74 Å². The van der Waals surface area contributed by atoms with E-state index in [4.69, 9.17) is 9.47 Å². The Balaban J connectivity index is 2.45. The molecule has 5 heteroatoms. The number of carbonyl (C=O) groups is 2. The van der Waals surface area contributed by atoms with Gasteiger partial charge in [-0.15, -0.1) is 0 Å². The summed E-state index contributed by atoms with van der Waals surface area (Å²) in [6.07, 6.45) is 0.391. The molecule has 0 bridgehead atoms. The van der Waals surface area contributed by atoms with E-state index in [9.17, 15) is 14.7 Å². The summed E-state index contributed by atoms with van der Waals surface area (Å²) in [5.74, 6) is -0.482. The minimum absolute atomic E-state index is 0.161. The van der Waals surface area contributed by atoms with Gasteiger partial charge in [-0.2, -0.15) is 0 Å². The number of ether oxygens (including phenoxy) is 2. The second-order valence-electron chi connectivity index (χ2n) is 5.65. The number of phenolic OH excluding ortho intramolecular Hbond substituents is 1. The van der Waals surface area contributed by atoms with E-state index in [1.807, 2.05) is 0 Å². The number of benzene rings is 1. The fourth-order valence-corrected chi connectivity index (χ4v) is 2.36. The van der Waals surface area contributed by atoms with Crippen molar-refractivity contribution in [1.82, 2.24) is 0 Å². The molecule has 5 nitrogen and oxygen atoms in total. The summed E-state index contributed by atoms with van der Waals surface area (Å²) in [5.41, 5.74) is 1.85. The highest BCUT2D eigenvalue weighted by molar-refractivity contribution is 5.97. The van der Waals surface area contributed by atoms with Crippen LogP contribution in [0, 0.1) is 0 Å². The van der Waals surface area contributed by atoms with Gasteiger partial charge in [-0.3, -0.25) is 4.79 Å². The summed E-state index contributed by atoms with van der Waals surface area (Å²) in [4.78, 5) is 23.6. The lowest BCUT2D eigenvalue weighted by Gasteiger charge is -2.19. The van der Waals surface area contributed by atoms with Crippen LogP contribution in [0.3, 0.4) is 0 Å². The second-order valence-corrected chi connectivity index (χ2v) is 5.65. The van der Waals surface area contributed by atoms with Gasteiger partial charge in [0.25, 0.3) is 0 Å². The van der Waals surface area contributed by atoms with Crippen molar-refractivity contribution in [3.63, 3.8) is 0 Å². The minimum atomic E-state index is -0.711. The zero-order valence-corrected chi connectivity index (χ0v) is 13.7. The second kappa shape index (κ2) is 6.28. The molecule has 0 saturated heterocycles. The van der Waals surface area contributed by atoms with E-state index in [-0.39, 0.29) is 17.1 Å². The standard InChI is InChI=1S/C18H20O5/c1-6-10(4)18(21)23-17-13-7-14(20)12(11(5)19)8-15(13)22-16(17)9(2)3/h6-8,16-17,20H,2H2,1,3-5H3. The first kappa shape index (κ1) is 16.8. The Kier molecular flexibility index (Phi) is 4.59. The highest BCUT2D eigenvalue weighted by Crippen LogP contribution is 2.44. The number of fused-ring (bicyclic) bond motifs is 1. The number of allylic oxidation sites excluding steroid dienone is 1. The van der Waals surface area contributed by atoms with Gasteiger partial charge in [-0.25, -0.2) is 4.79 Å². The summed E-state index contributed by atoms with van der Waals surface area (Å²) in [6.45, 7) is 10.4. The third-order valence-electron chi connectivity index (χ3n) is 3.82. The third kappa shape index (κ3) is 3.13. The number of carbonyl (C=O) groups excluding carboxylic acids is 2. The predicted molar refractivity (Wildman–Crippen MR) is 85.6 cm³/mol. The molecule has 1 aromatic rings. The molecule has 1 N–H and O–H groups in total. The van der Waals surface area contributed by atoms with Gasteiger partial charge < -0.3 is 14.6 Å². The Morgan fingerprint density at radius 3 is 2.48 bits per heavy atom. The van der Waals surface area contributed by atoms with Crippen LogP contribution in [0.5, 0.6) is 11.5 Å². The van der Waals surface area contributed by atoms with Crippen molar-refractivity contribution in [1.29, 1.82) is 0 Å². The molecular weight excluding hydrogens is 296 g/mol. The van der Waals surface area contributed by atoms with Crippen molar-refractivity contribution >= 4 is 11.8 Å². The summed E-state index contributed by atoms with van der Waals surface area (Å²) >= 11 is 0. The molecule has 122 valence electrons. The van der Waals surface area contributed by atoms with Crippen LogP contribution in [-0.2, 0) is 9.53 Å². The number of phenols is 1. The maximum Gasteiger partial charge on any atom is 0.334 e. The monoisotopic (exact) mass is 316 g/mol. The van der Waals surface area contributed by atoms with Crippen molar-refractivity contribution in [2.45, 2.75) is 39.9 Å². The highest BCUT2D eigenvalue weighted by atomic mass is 16.6. The molecule has 0 amide bonds. The molecule has 0 aromatic heterocycles. The largest absolute Gasteiger partial charge is 0.507 e. The quantitative estimate of drug-likeness (QED) is 0.398. The predicted octanol–water partition coefficient (Wildman–Crippen LogP) is 3.48. The first-order valence-corrected chi connectivity index (χ1v) is 7.30. The zero-order chi connectivity index (χ0) is 17.3. The van der Waals surface area contributed by atoms with Crippen LogP contribution >= 0.6 is 0 Å². The maximum absolute atomic E-state index is 12.1. The minimum Gasteiger partial charge on any atom is -0.507 e.